The van der Waals surface area contributed by atoms with Crippen molar-refractivity contribution in [3.8, 4) is 0 Å². The molecule has 11 heteroatoms. The van der Waals surface area contributed by atoms with E-state index in [1.54, 1.807) is 11.3 Å². The van der Waals surface area contributed by atoms with E-state index < -0.39 is 12.1 Å². The Kier molecular flexibility index (Phi) is 8.31. The minimum Gasteiger partial charge on any atom is -0.475 e. The average Bonchev–Trinajstić information content (AvgIpc) is 3.46. The maximum absolute atomic E-state index is 12.5. The zero-order valence-electron chi connectivity index (χ0n) is 17.0. The van der Waals surface area contributed by atoms with Crippen LogP contribution in [0.25, 0.3) is 0 Å². The number of alkyl halides is 3. The van der Waals surface area contributed by atoms with Crippen molar-refractivity contribution in [2.75, 3.05) is 26.3 Å². The number of hydrogen-bond acceptors (Lipinski definition) is 6. The fourth-order valence-electron chi connectivity index (χ4n) is 4.12. The molecule has 4 rings (SSSR count). The predicted molar refractivity (Wildman–Crippen MR) is 107 cm³/mol. The number of fused-ring (bicyclic) bond motifs is 1. The molecule has 0 aliphatic carbocycles. The monoisotopic (exact) mass is 464 g/mol. The third-order valence-electron chi connectivity index (χ3n) is 5.80. The normalized spacial score (nSPS) is 26.7. The first-order chi connectivity index (χ1) is 14.7. The average molecular weight is 465 g/mol. The second kappa shape index (κ2) is 10.8. The Morgan fingerprint density at radius 2 is 1.97 bits per heavy atom. The summed E-state index contributed by atoms with van der Waals surface area (Å²) in [5.74, 6) is -2.13. The maximum atomic E-state index is 12.5. The minimum atomic E-state index is -5.08. The van der Waals surface area contributed by atoms with Gasteiger partial charge in [-0.2, -0.15) is 24.5 Å². The first kappa shape index (κ1) is 24.0. The van der Waals surface area contributed by atoms with Gasteiger partial charge in [0, 0.05) is 45.3 Å². The number of ether oxygens (including phenoxy) is 2. The molecule has 2 N–H and O–H groups in total. The molecule has 174 valence electrons. The SMILES string of the molecule is O=C(NCC1CCOCC1)[C@@H]1C[C@@H]2[C@@H](CCN2Cc2ccsc2)O1.O=C(O)C(F)(F)F. The van der Waals surface area contributed by atoms with Crippen LogP contribution in [0.4, 0.5) is 13.2 Å². The van der Waals surface area contributed by atoms with Gasteiger partial charge < -0.3 is 19.9 Å². The van der Waals surface area contributed by atoms with Crippen molar-refractivity contribution in [2.24, 2.45) is 5.92 Å². The van der Waals surface area contributed by atoms with Crippen LogP contribution in [0.15, 0.2) is 16.8 Å². The molecule has 1 aromatic heterocycles. The first-order valence-electron chi connectivity index (χ1n) is 10.3. The summed E-state index contributed by atoms with van der Waals surface area (Å²) in [6.07, 6.45) is -1.17. The number of carbonyl (C=O) groups is 2. The second-order valence-electron chi connectivity index (χ2n) is 7.96. The second-order valence-corrected chi connectivity index (χ2v) is 8.74. The number of halogens is 3. The molecule has 0 aromatic carbocycles. The number of hydrogen-bond donors (Lipinski definition) is 2. The van der Waals surface area contributed by atoms with Gasteiger partial charge in [0.1, 0.15) is 6.10 Å². The van der Waals surface area contributed by atoms with Crippen LogP contribution in [-0.4, -0.2) is 72.6 Å². The van der Waals surface area contributed by atoms with E-state index in [4.69, 9.17) is 19.4 Å². The molecule has 3 aliphatic heterocycles. The van der Waals surface area contributed by atoms with Crippen LogP contribution in [0.5, 0.6) is 0 Å². The number of amides is 1. The van der Waals surface area contributed by atoms with Crippen molar-refractivity contribution in [1.29, 1.82) is 0 Å². The summed E-state index contributed by atoms with van der Waals surface area (Å²) in [5.41, 5.74) is 1.37. The van der Waals surface area contributed by atoms with E-state index in [9.17, 15) is 18.0 Å². The quantitative estimate of drug-likeness (QED) is 0.697. The first-order valence-corrected chi connectivity index (χ1v) is 11.2. The van der Waals surface area contributed by atoms with Gasteiger partial charge in [0.05, 0.1) is 6.10 Å². The van der Waals surface area contributed by atoms with Crippen LogP contribution < -0.4 is 5.32 Å². The molecule has 0 unspecified atom stereocenters. The van der Waals surface area contributed by atoms with Crippen molar-refractivity contribution >= 4 is 23.2 Å². The minimum absolute atomic E-state index is 0.0753. The standard InChI is InChI=1S/C18H26N2O3S.C2HF3O2/c21-18(19-10-13-2-6-22-7-3-13)17-9-15-16(23-17)1-5-20(15)11-14-4-8-24-12-14;3-2(4,5)1(6)7/h4,8,12-13,15-17H,1-3,5-7,9-11H2,(H,19,21);(H,6,7)/t15-,16-,17+;/m1./s1. The van der Waals surface area contributed by atoms with E-state index in [1.165, 1.54) is 5.56 Å². The predicted octanol–water partition coefficient (Wildman–Crippen LogP) is 2.66. The molecule has 1 aromatic rings. The molecule has 3 saturated heterocycles. The molecule has 31 heavy (non-hydrogen) atoms. The van der Waals surface area contributed by atoms with Crippen molar-refractivity contribution in [3.63, 3.8) is 0 Å². The lowest BCUT2D eigenvalue weighted by Gasteiger charge is -2.23. The summed E-state index contributed by atoms with van der Waals surface area (Å²) in [6, 6.07) is 2.58. The molecule has 0 spiro atoms. The molecule has 1 amide bonds. The van der Waals surface area contributed by atoms with E-state index in [0.717, 1.165) is 58.5 Å². The molecule has 0 saturated carbocycles. The van der Waals surface area contributed by atoms with Gasteiger partial charge in [-0.3, -0.25) is 9.69 Å². The molecule has 0 radical (unpaired) electrons. The Balaban J connectivity index is 0.000000339. The summed E-state index contributed by atoms with van der Waals surface area (Å²) in [4.78, 5) is 23.8. The van der Waals surface area contributed by atoms with Crippen molar-refractivity contribution in [2.45, 2.75) is 56.7 Å². The number of carboxylic acid groups (broad SMARTS) is 1. The molecule has 3 fully saturated rings. The van der Waals surface area contributed by atoms with Crippen LogP contribution >= 0.6 is 11.3 Å². The van der Waals surface area contributed by atoms with Crippen molar-refractivity contribution in [3.05, 3.63) is 22.4 Å². The summed E-state index contributed by atoms with van der Waals surface area (Å²) in [7, 11) is 0. The van der Waals surface area contributed by atoms with Gasteiger partial charge in [-0.1, -0.05) is 0 Å². The molecule has 4 heterocycles. The summed E-state index contributed by atoms with van der Waals surface area (Å²) in [5, 5.41) is 14.6. The Morgan fingerprint density at radius 1 is 1.26 bits per heavy atom. The van der Waals surface area contributed by atoms with Gasteiger partial charge in [0.15, 0.2) is 0 Å². The molecule has 3 aliphatic rings. The number of thiophene rings is 1. The zero-order valence-corrected chi connectivity index (χ0v) is 17.8. The lowest BCUT2D eigenvalue weighted by molar-refractivity contribution is -0.192. The molecule has 0 bridgehead atoms. The number of nitrogens with zero attached hydrogens (tertiary/aromatic N) is 1. The van der Waals surface area contributed by atoms with Crippen LogP contribution in [0.3, 0.4) is 0 Å². The number of aliphatic carboxylic acids is 1. The third-order valence-corrected chi connectivity index (χ3v) is 6.53. The van der Waals surface area contributed by atoms with E-state index >= 15 is 0 Å². The molecule has 7 nitrogen and oxygen atoms in total. The summed E-state index contributed by atoms with van der Waals surface area (Å²) < 4.78 is 43.2. The van der Waals surface area contributed by atoms with Crippen molar-refractivity contribution in [1.82, 2.24) is 10.2 Å². The maximum Gasteiger partial charge on any atom is 0.490 e. The van der Waals surface area contributed by atoms with E-state index in [2.05, 4.69) is 27.0 Å². The Morgan fingerprint density at radius 3 is 2.58 bits per heavy atom. The highest BCUT2D eigenvalue weighted by atomic mass is 32.1. The Hall–Kier alpha value is -1.69. The number of carbonyl (C=O) groups excluding carboxylic acids is 1. The Bertz CT molecular complexity index is 725. The van der Waals surface area contributed by atoms with E-state index in [0.29, 0.717) is 12.0 Å². The highest BCUT2D eigenvalue weighted by Gasteiger charge is 2.45. The van der Waals surface area contributed by atoms with Crippen LogP contribution in [-0.2, 0) is 25.6 Å². The number of carboxylic acids is 1. The fourth-order valence-corrected chi connectivity index (χ4v) is 4.78. The molecular weight excluding hydrogens is 437 g/mol. The number of likely N-dealkylation sites (tertiary alicyclic amines) is 1. The Labute approximate surface area is 182 Å². The summed E-state index contributed by atoms with van der Waals surface area (Å²) in [6.45, 7) is 4.45. The lowest BCUT2D eigenvalue weighted by atomic mass is 10.0. The number of nitrogens with one attached hydrogen (secondary N) is 1. The van der Waals surface area contributed by atoms with E-state index in [-0.39, 0.29) is 18.1 Å². The smallest absolute Gasteiger partial charge is 0.475 e. The zero-order chi connectivity index (χ0) is 22.4. The summed E-state index contributed by atoms with van der Waals surface area (Å²) >= 11 is 1.74. The van der Waals surface area contributed by atoms with Gasteiger partial charge in [-0.05, 0) is 47.6 Å². The molecule has 3 atom stereocenters. The third kappa shape index (κ3) is 6.90. The van der Waals surface area contributed by atoms with Gasteiger partial charge in [-0.15, -0.1) is 0 Å². The van der Waals surface area contributed by atoms with Gasteiger partial charge in [0.25, 0.3) is 0 Å². The number of rotatable bonds is 5. The topological polar surface area (TPSA) is 88.1 Å². The van der Waals surface area contributed by atoms with Crippen molar-refractivity contribution < 1.29 is 37.3 Å². The van der Waals surface area contributed by atoms with Gasteiger partial charge in [0.2, 0.25) is 5.91 Å². The van der Waals surface area contributed by atoms with Gasteiger partial charge in [-0.25, -0.2) is 4.79 Å². The largest absolute Gasteiger partial charge is 0.490 e. The fraction of sp³-hybridized carbons (Fsp3) is 0.700. The van der Waals surface area contributed by atoms with Crippen LogP contribution in [0, 0.1) is 5.92 Å². The van der Waals surface area contributed by atoms with Crippen LogP contribution in [0.2, 0.25) is 0 Å². The molecular formula is C20H27F3N2O5S. The van der Waals surface area contributed by atoms with Gasteiger partial charge >= 0.3 is 12.1 Å². The highest BCUT2D eigenvalue weighted by molar-refractivity contribution is 7.07. The highest BCUT2D eigenvalue weighted by Crippen LogP contribution is 2.34. The lowest BCUT2D eigenvalue weighted by Crippen LogP contribution is -2.39. The van der Waals surface area contributed by atoms with Crippen LogP contribution in [0.1, 0.15) is 31.2 Å². The van der Waals surface area contributed by atoms with E-state index in [1.807, 2.05) is 0 Å².